The van der Waals surface area contributed by atoms with Crippen LogP contribution in [-0.2, 0) is 21.4 Å². The molecule has 5 nitrogen and oxygen atoms in total. The first-order valence-electron chi connectivity index (χ1n) is 8.39. The van der Waals surface area contributed by atoms with Gasteiger partial charge in [-0.3, -0.25) is 0 Å². The van der Waals surface area contributed by atoms with Crippen LogP contribution < -0.4 is 0 Å². The monoisotopic (exact) mass is 359 g/mol. The van der Waals surface area contributed by atoms with E-state index in [0.29, 0.717) is 13.1 Å². The molecule has 1 aliphatic rings. The van der Waals surface area contributed by atoms with Gasteiger partial charge in [-0.15, -0.1) is 0 Å². The van der Waals surface area contributed by atoms with Crippen LogP contribution in [0.25, 0.3) is 0 Å². The lowest BCUT2D eigenvalue weighted by Gasteiger charge is -2.25. The summed E-state index contributed by atoms with van der Waals surface area (Å²) in [6.45, 7) is 1.22. The topological polar surface area (TPSA) is 63.7 Å². The highest BCUT2D eigenvalue weighted by molar-refractivity contribution is 7.89. The minimum atomic E-state index is -3.56. The van der Waals surface area contributed by atoms with Gasteiger partial charge in [-0.25, -0.2) is 13.2 Å². The average molecular weight is 359 g/mol. The van der Waals surface area contributed by atoms with Crippen molar-refractivity contribution >= 4 is 16.0 Å². The lowest BCUT2D eigenvalue weighted by molar-refractivity contribution is 0.0472. The predicted octanol–water partition coefficient (Wildman–Crippen LogP) is 3.22. The molecule has 1 heterocycles. The molecule has 0 spiro atoms. The van der Waals surface area contributed by atoms with Crippen LogP contribution in [0.2, 0.25) is 0 Å². The number of nitrogens with zero attached hydrogens (tertiary/aromatic N) is 1. The molecule has 25 heavy (non-hydrogen) atoms. The quantitative estimate of drug-likeness (QED) is 0.769. The maximum Gasteiger partial charge on any atom is 0.338 e. The molecule has 0 saturated carbocycles. The standard InChI is InChI=1S/C19H21NO4S/c21-19(24-15-16-8-3-1-4-9-16)17-10-7-11-18(14-17)25(22,23)20-12-5-2-6-13-20/h1,3-4,7-11,14H,2,5-6,12-13,15H2. The van der Waals surface area contributed by atoms with Crippen LogP contribution in [0, 0.1) is 0 Å². The summed E-state index contributed by atoms with van der Waals surface area (Å²) >= 11 is 0. The molecule has 132 valence electrons. The molecule has 1 aliphatic heterocycles. The molecule has 6 heteroatoms. The van der Waals surface area contributed by atoms with E-state index in [1.54, 1.807) is 12.1 Å². The van der Waals surface area contributed by atoms with Crippen molar-refractivity contribution in [1.29, 1.82) is 0 Å². The van der Waals surface area contributed by atoms with Gasteiger partial charge in [-0.1, -0.05) is 42.8 Å². The molecule has 0 amide bonds. The van der Waals surface area contributed by atoms with Crippen LogP contribution in [0.4, 0.5) is 0 Å². The summed E-state index contributed by atoms with van der Waals surface area (Å²) in [5.74, 6) is -0.528. The van der Waals surface area contributed by atoms with Gasteiger partial charge in [0, 0.05) is 13.1 Å². The Bertz CT molecular complexity index is 828. The third kappa shape index (κ3) is 4.27. The number of hydrogen-bond donors (Lipinski definition) is 0. The van der Waals surface area contributed by atoms with E-state index in [-0.39, 0.29) is 17.1 Å². The van der Waals surface area contributed by atoms with E-state index >= 15 is 0 Å². The Morgan fingerprint density at radius 1 is 0.960 bits per heavy atom. The Morgan fingerprint density at radius 2 is 1.68 bits per heavy atom. The average Bonchev–Trinajstić information content (AvgIpc) is 2.67. The summed E-state index contributed by atoms with van der Waals surface area (Å²) in [4.78, 5) is 12.4. The normalized spacial score (nSPS) is 15.7. The molecule has 0 aliphatic carbocycles. The molecule has 0 N–H and O–H groups in total. The smallest absolute Gasteiger partial charge is 0.338 e. The molecule has 0 aromatic heterocycles. The van der Waals surface area contributed by atoms with Gasteiger partial charge in [-0.2, -0.15) is 4.31 Å². The first kappa shape index (κ1) is 17.6. The van der Waals surface area contributed by atoms with Gasteiger partial charge < -0.3 is 4.74 Å². The van der Waals surface area contributed by atoms with Crippen molar-refractivity contribution in [1.82, 2.24) is 4.31 Å². The maximum atomic E-state index is 12.7. The third-order valence-electron chi connectivity index (χ3n) is 4.24. The zero-order valence-corrected chi connectivity index (χ0v) is 14.7. The summed E-state index contributed by atoms with van der Waals surface area (Å²) in [7, 11) is -3.56. The van der Waals surface area contributed by atoms with E-state index in [1.165, 1.54) is 16.4 Å². The fraction of sp³-hybridized carbons (Fsp3) is 0.316. The second-order valence-electron chi connectivity index (χ2n) is 6.05. The molecular formula is C19H21NO4S. The predicted molar refractivity (Wildman–Crippen MR) is 94.6 cm³/mol. The van der Waals surface area contributed by atoms with Gasteiger partial charge in [0.2, 0.25) is 10.0 Å². The lowest BCUT2D eigenvalue weighted by Crippen LogP contribution is -2.35. The van der Waals surface area contributed by atoms with Crippen LogP contribution in [0.3, 0.4) is 0 Å². The Labute approximate surface area is 148 Å². The Morgan fingerprint density at radius 3 is 2.40 bits per heavy atom. The highest BCUT2D eigenvalue weighted by Gasteiger charge is 2.26. The van der Waals surface area contributed by atoms with Gasteiger partial charge in [0.1, 0.15) is 6.61 Å². The molecule has 0 bridgehead atoms. The molecular weight excluding hydrogens is 338 g/mol. The minimum absolute atomic E-state index is 0.142. The van der Waals surface area contributed by atoms with Crippen molar-refractivity contribution in [2.75, 3.05) is 13.1 Å². The largest absolute Gasteiger partial charge is 0.457 e. The van der Waals surface area contributed by atoms with Crippen molar-refractivity contribution in [3.8, 4) is 0 Å². The number of rotatable bonds is 5. The second-order valence-corrected chi connectivity index (χ2v) is 7.99. The van der Waals surface area contributed by atoms with E-state index in [2.05, 4.69) is 0 Å². The van der Waals surface area contributed by atoms with E-state index < -0.39 is 16.0 Å². The van der Waals surface area contributed by atoms with Crippen LogP contribution in [0.5, 0.6) is 0 Å². The van der Waals surface area contributed by atoms with Gasteiger partial charge in [0.05, 0.1) is 10.5 Å². The highest BCUT2D eigenvalue weighted by Crippen LogP contribution is 2.21. The molecule has 1 fully saturated rings. The Balaban J connectivity index is 1.73. The summed E-state index contributed by atoms with van der Waals surface area (Å²) in [6.07, 6.45) is 2.80. The maximum absolute atomic E-state index is 12.7. The zero-order valence-electron chi connectivity index (χ0n) is 13.9. The van der Waals surface area contributed by atoms with Crippen molar-refractivity contribution < 1.29 is 17.9 Å². The fourth-order valence-electron chi connectivity index (χ4n) is 2.84. The molecule has 3 rings (SSSR count). The van der Waals surface area contributed by atoms with Crippen LogP contribution >= 0.6 is 0 Å². The van der Waals surface area contributed by atoms with Gasteiger partial charge in [-0.05, 0) is 36.6 Å². The number of esters is 1. The molecule has 0 atom stereocenters. The van der Waals surface area contributed by atoms with Crippen molar-refractivity contribution in [3.05, 3.63) is 65.7 Å². The van der Waals surface area contributed by atoms with Crippen molar-refractivity contribution in [3.63, 3.8) is 0 Å². The minimum Gasteiger partial charge on any atom is -0.457 e. The number of hydrogen-bond acceptors (Lipinski definition) is 4. The Kier molecular flexibility index (Phi) is 5.50. The molecule has 0 radical (unpaired) electrons. The fourth-order valence-corrected chi connectivity index (χ4v) is 4.41. The number of carbonyl (C=O) groups is 1. The summed E-state index contributed by atoms with van der Waals surface area (Å²) in [5.41, 5.74) is 1.13. The third-order valence-corrected chi connectivity index (χ3v) is 6.13. The second kappa shape index (κ2) is 7.80. The summed E-state index contributed by atoms with van der Waals surface area (Å²) in [6, 6.07) is 15.4. The van der Waals surface area contributed by atoms with Crippen LogP contribution in [0.1, 0.15) is 35.2 Å². The van der Waals surface area contributed by atoms with Gasteiger partial charge in [0.15, 0.2) is 0 Å². The molecule has 0 unspecified atom stereocenters. The number of ether oxygens (including phenoxy) is 1. The van der Waals surface area contributed by atoms with E-state index in [4.69, 9.17) is 4.74 Å². The van der Waals surface area contributed by atoms with Gasteiger partial charge in [0.25, 0.3) is 0 Å². The number of piperidine rings is 1. The number of sulfonamides is 1. The van der Waals surface area contributed by atoms with E-state index in [0.717, 1.165) is 24.8 Å². The molecule has 2 aromatic rings. The zero-order chi connectivity index (χ0) is 17.7. The van der Waals surface area contributed by atoms with Crippen molar-refractivity contribution in [2.45, 2.75) is 30.8 Å². The molecule has 1 saturated heterocycles. The van der Waals surface area contributed by atoms with Crippen molar-refractivity contribution in [2.24, 2.45) is 0 Å². The SMILES string of the molecule is O=C(OCc1ccccc1)c1cccc(S(=O)(=O)N2CCCCC2)c1. The van der Waals surface area contributed by atoms with E-state index in [1.807, 2.05) is 30.3 Å². The van der Waals surface area contributed by atoms with Crippen LogP contribution in [-0.4, -0.2) is 31.8 Å². The van der Waals surface area contributed by atoms with Crippen LogP contribution in [0.15, 0.2) is 59.5 Å². The van der Waals surface area contributed by atoms with Gasteiger partial charge >= 0.3 is 5.97 Å². The number of benzene rings is 2. The summed E-state index contributed by atoms with van der Waals surface area (Å²) < 4.78 is 32.2. The lowest BCUT2D eigenvalue weighted by atomic mass is 10.2. The van der Waals surface area contributed by atoms with E-state index in [9.17, 15) is 13.2 Å². The summed E-state index contributed by atoms with van der Waals surface area (Å²) in [5, 5.41) is 0. The first-order chi connectivity index (χ1) is 12.1. The number of carbonyl (C=O) groups excluding carboxylic acids is 1. The highest BCUT2D eigenvalue weighted by atomic mass is 32.2. The Hall–Kier alpha value is -2.18. The first-order valence-corrected chi connectivity index (χ1v) is 9.83. The molecule has 2 aromatic carbocycles.